The van der Waals surface area contributed by atoms with Crippen LogP contribution in [0, 0.1) is 6.92 Å². The van der Waals surface area contributed by atoms with Gasteiger partial charge < -0.3 is 15.4 Å². The number of amides is 2. The largest absolute Gasteiger partial charge is 0.481 e. The van der Waals surface area contributed by atoms with Crippen LogP contribution in [0.1, 0.15) is 67.4 Å². The van der Waals surface area contributed by atoms with Gasteiger partial charge in [0.1, 0.15) is 5.75 Å². The average molecular weight is 409 g/mol. The van der Waals surface area contributed by atoms with E-state index in [-0.39, 0.29) is 17.9 Å². The van der Waals surface area contributed by atoms with E-state index < -0.39 is 6.10 Å². The molecule has 0 heterocycles. The summed E-state index contributed by atoms with van der Waals surface area (Å²) in [5, 5.41) is 6.11. The molecule has 2 N–H and O–H groups in total. The van der Waals surface area contributed by atoms with Crippen LogP contribution in [0.3, 0.4) is 0 Å². The summed E-state index contributed by atoms with van der Waals surface area (Å²) in [6.07, 6.45) is 5.92. The molecule has 2 aromatic rings. The summed E-state index contributed by atoms with van der Waals surface area (Å²) in [7, 11) is 0. The van der Waals surface area contributed by atoms with Gasteiger partial charge in [0.15, 0.2) is 6.10 Å². The van der Waals surface area contributed by atoms with E-state index in [4.69, 9.17) is 4.74 Å². The molecular formula is C25H32N2O3. The molecule has 2 amide bonds. The number of hydrogen-bond donors (Lipinski definition) is 2. The number of rotatable bonds is 7. The molecule has 2 aromatic carbocycles. The van der Waals surface area contributed by atoms with Crippen molar-refractivity contribution in [2.45, 2.75) is 71.4 Å². The summed E-state index contributed by atoms with van der Waals surface area (Å²) in [5.74, 6) is 0.316. The first-order valence-corrected chi connectivity index (χ1v) is 10.9. The van der Waals surface area contributed by atoms with Crippen molar-refractivity contribution in [3.8, 4) is 5.75 Å². The lowest BCUT2D eigenvalue weighted by atomic mass is 9.95. The molecule has 1 fully saturated rings. The van der Waals surface area contributed by atoms with E-state index >= 15 is 0 Å². The van der Waals surface area contributed by atoms with Gasteiger partial charge in [-0.15, -0.1) is 0 Å². The Morgan fingerprint density at radius 3 is 2.43 bits per heavy atom. The fourth-order valence-electron chi connectivity index (χ4n) is 3.89. The number of hydrogen-bond acceptors (Lipinski definition) is 3. The molecule has 1 aliphatic carbocycles. The lowest BCUT2D eigenvalue weighted by molar-refractivity contribution is -0.122. The third-order valence-electron chi connectivity index (χ3n) is 5.73. The van der Waals surface area contributed by atoms with Crippen molar-refractivity contribution in [1.29, 1.82) is 0 Å². The molecular weight excluding hydrogens is 376 g/mol. The van der Waals surface area contributed by atoms with Crippen molar-refractivity contribution >= 4 is 17.5 Å². The predicted octanol–water partition coefficient (Wildman–Crippen LogP) is 5.03. The standard InChI is InChI=1S/C25H32N2O3/c1-4-19-10-8-9-17(2)23(19)27-24(28)18(3)30-22-15-13-20(14-16-22)25(29)26-21-11-6-5-7-12-21/h8-10,13-16,18,21H,4-7,11-12H2,1-3H3,(H,26,29)(H,27,28)/t18-/m0/s1. The number of anilines is 1. The van der Waals surface area contributed by atoms with E-state index in [1.807, 2.05) is 25.1 Å². The van der Waals surface area contributed by atoms with Crippen LogP contribution in [0.5, 0.6) is 5.75 Å². The van der Waals surface area contributed by atoms with Gasteiger partial charge in [-0.05, 0) is 68.5 Å². The van der Waals surface area contributed by atoms with Crippen molar-refractivity contribution in [2.24, 2.45) is 0 Å². The molecule has 0 radical (unpaired) electrons. The molecule has 0 spiro atoms. The Bertz CT molecular complexity index is 870. The molecule has 1 atom stereocenters. The Hall–Kier alpha value is -2.82. The summed E-state index contributed by atoms with van der Waals surface area (Å²) >= 11 is 0. The van der Waals surface area contributed by atoms with Gasteiger partial charge in [0.05, 0.1) is 0 Å². The highest BCUT2D eigenvalue weighted by atomic mass is 16.5. The molecule has 0 aromatic heterocycles. The van der Waals surface area contributed by atoms with E-state index in [2.05, 4.69) is 17.6 Å². The van der Waals surface area contributed by atoms with Crippen LogP contribution < -0.4 is 15.4 Å². The van der Waals surface area contributed by atoms with E-state index in [1.165, 1.54) is 19.3 Å². The van der Waals surface area contributed by atoms with Gasteiger partial charge >= 0.3 is 0 Å². The Morgan fingerprint density at radius 2 is 1.77 bits per heavy atom. The number of benzene rings is 2. The maximum atomic E-state index is 12.6. The number of ether oxygens (including phenoxy) is 1. The molecule has 1 aliphatic rings. The van der Waals surface area contributed by atoms with Crippen LogP contribution in [0.2, 0.25) is 0 Å². The highest BCUT2D eigenvalue weighted by Crippen LogP contribution is 2.22. The van der Waals surface area contributed by atoms with Gasteiger partial charge in [0, 0.05) is 17.3 Å². The second-order valence-corrected chi connectivity index (χ2v) is 8.04. The number of nitrogens with one attached hydrogen (secondary N) is 2. The molecule has 5 heteroatoms. The molecule has 160 valence electrons. The summed E-state index contributed by atoms with van der Waals surface area (Å²) in [6, 6.07) is 13.2. The second kappa shape index (κ2) is 10.3. The van der Waals surface area contributed by atoms with E-state index in [9.17, 15) is 9.59 Å². The topological polar surface area (TPSA) is 67.4 Å². The van der Waals surface area contributed by atoms with Crippen LogP contribution in [-0.4, -0.2) is 24.0 Å². The molecule has 3 rings (SSSR count). The van der Waals surface area contributed by atoms with Crippen molar-refractivity contribution in [3.63, 3.8) is 0 Å². The highest BCUT2D eigenvalue weighted by Gasteiger charge is 2.19. The molecule has 0 unspecified atom stereocenters. The monoisotopic (exact) mass is 408 g/mol. The van der Waals surface area contributed by atoms with Gasteiger partial charge in [-0.1, -0.05) is 44.4 Å². The average Bonchev–Trinajstić information content (AvgIpc) is 2.76. The first-order valence-electron chi connectivity index (χ1n) is 10.9. The Labute approximate surface area is 179 Å². The fourth-order valence-corrected chi connectivity index (χ4v) is 3.89. The molecule has 30 heavy (non-hydrogen) atoms. The van der Waals surface area contributed by atoms with E-state index in [0.717, 1.165) is 36.1 Å². The minimum absolute atomic E-state index is 0.0501. The Balaban J connectivity index is 1.57. The molecule has 0 bridgehead atoms. The number of para-hydroxylation sites is 1. The van der Waals surface area contributed by atoms with Gasteiger partial charge in [-0.25, -0.2) is 0 Å². The first-order chi connectivity index (χ1) is 14.5. The van der Waals surface area contributed by atoms with Gasteiger partial charge in [0.2, 0.25) is 0 Å². The summed E-state index contributed by atoms with van der Waals surface area (Å²) < 4.78 is 5.80. The van der Waals surface area contributed by atoms with Crippen molar-refractivity contribution in [2.75, 3.05) is 5.32 Å². The van der Waals surface area contributed by atoms with Crippen LogP contribution in [0.4, 0.5) is 5.69 Å². The zero-order chi connectivity index (χ0) is 21.5. The zero-order valence-corrected chi connectivity index (χ0v) is 18.2. The van der Waals surface area contributed by atoms with E-state index in [1.54, 1.807) is 31.2 Å². The van der Waals surface area contributed by atoms with Crippen molar-refractivity contribution in [3.05, 3.63) is 59.2 Å². The maximum Gasteiger partial charge on any atom is 0.265 e. The lowest BCUT2D eigenvalue weighted by Crippen LogP contribution is -2.36. The predicted molar refractivity (Wildman–Crippen MR) is 120 cm³/mol. The highest BCUT2D eigenvalue weighted by molar-refractivity contribution is 5.96. The third-order valence-corrected chi connectivity index (χ3v) is 5.73. The van der Waals surface area contributed by atoms with Crippen LogP contribution in [-0.2, 0) is 11.2 Å². The van der Waals surface area contributed by atoms with Gasteiger partial charge in [0.25, 0.3) is 11.8 Å². The number of aryl methyl sites for hydroxylation is 2. The van der Waals surface area contributed by atoms with Crippen molar-refractivity contribution in [1.82, 2.24) is 5.32 Å². The molecule has 1 saturated carbocycles. The summed E-state index contributed by atoms with van der Waals surface area (Å²) in [5.41, 5.74) is 3.60. The van der Waals surface area contributed by atoms with E-state index in [0.29, 0.717) is 11.3 Å². The lowest BCUT2D eigenvalue weighted by Gasteiger charge is -2.22. The van der Waals surface area contributed by atoms with Crippen LogP contribution in [0.15, 0.2) is 42.5 Å². The molecule has 5 nitrogen and oxygen atoms in total. The summed E-state index contributed by atoms with van der Waals surface area (Å²) in [6.45, 7) is 5.77. The van der Waals surface area contributed by atoms with Crippen LogP contribution >= 0.6 is 0 Å². The first kappa shape index (κ1) is 21.9. The Kier molecular flexibility index (Phi) is 7.50. The van der Waals surface area contributed by atoms with Gasteiger partial charge in [-0.2, -0.15) is 0 Å². The normalized spacial score (nSPS) is 15.3. The quantitative estimate of drug-likeness (QED) is 0.675. The molecule has 0 saturated heterocycles. The van der Waals surface area contributed by atoms with Gasteiger partial charge in [-0.3, -0.25) is 9.59 Å². The maximum absolute atomic E-state index is 12.6. The zero-order valence-electron chi connectivity index (χ0n) is 18.2. The van der Waals surface area contributed by atoms with Crippen LogP contribution in [0.25, 0.3) is 0 Å². The smallest absolute Gasteiger partial charge is 0.265 e. The minimum Gasteiger partial charge on any atom is -0.481 e. The fraction of sp³-hybridized carbons (Fsp3) is 0.440. The second-order valence-electron chi connectivity index (χ2n) is 8.04. The number of carbonyl (C=O) groups excluding carboxylic acids is 2. The SMILES string of the molecule is CCc1cccc(C)c1NC(=O)[C@H](C)Oc1ccc(C(=O)NC2CCCCC2)cc1. The molecule has 0 aliphatic heterocycles. The third kappa shape index (κ3) is 5.62. The summed E-state index contributed by atoms with van der Waals surface area (Å²) in [4.78, 5) is 25.1. The Morgan fingerprint density at radius 1 is 1.07 bits per heavy atom. The number of carbonyl (C=O) groups is 2. The van der Waals surface area contributed by atoms with Crippen molar-refractivity contribution < 1.29 is 14.3 Å². The minimum atomic E-state index is -0.656.